The van der Waals surface area contributed by atoms with Crippen LogP contribution >= 0.6 is 11.3 Å². The second-order valence-electron chi connectivity index (χ2n) is 5.91. The van der Waals surface area contributed by atoms with Crippen LogP contribution in [0.15, 0.2) is 17.5 Å². The van der Waals surface area contributed by atoms with Crippen molar-refractivity contribution in [2.75, 3.05) is 26.2 Å². The Balaban J connectivity index is 1.97. The Morgan fingerprint density at radius 3 is 2.89 bits per heavy atom. The first-order chi connectivity index (χ1) is 9.28. The van der Waals surface area contributed by atoms with Crippen molar-refractivity contribution in [1.29, 1.82) is 0 Å². The van der Waals surface area contributed by atoms with Crippen molar-refractivity contribution >= 4 is 11.3 Å². The minimum atomic E-state index is 0.514. The molecule has 0 saturated carbocycles. The van der Waals surface area contributed by atoms with Crippen LogP contribution in [0, 0.1) is 5.41 Å². The van der Waals surface area contributed by atoms with Gasteiger partial charge >= 0.3 is 0 Å². The van der Waals surface area contributed by atoms with E-state index in [-0.39, 0.29) is 0 Å². The second kappa shape index (κ2) is 7.41. The summed E-state index contributed by atoms with van der Waals surface area (Å²) in [5.41, 5.74) is 0.514. The van der Waals surface area contributed by atoms with E-state index in [0.29, 0.717) is 5.41 Å². The molecule has 0 aromatic carbocycles. The average molecular weight is 280 g/mol. The minimum absolute atomic E-state index is 0.514. The molecule has 1 fully saturated rings. The van der Waals surface area contributed by atoms with Crippen LogP contribution in [0.2, 0.25) is 0 Å². The van der Waals surface area contributed by atoms with Crippen LogP contribution in [-0.4, -0.2) is 31.1 Å². The third-order valence-electron chi connectivity index (χ3n) is 4.31. The molecule has 0 radical (unpaired) electrons. The van der Waals surface area contributed by atoms with Gasteiger partial charge in [0.05, 0.1) is 0 Å². The van der Waals surface area contributed by atoms with E-state index in [0.717, 1.165) is 13.1 Å². The van der Waals surface area contributed by atoms with Gasteiger partial charge in [-0.3, -0.25) is 4.90 Å². The predicted molar refractivity (Wildman–Crippen MR) is 84.7 cm³/mol. The summed E-state index contributed by atoms with van der Waals surface area (Å²) < 4.78 is 0. The van der Waals surface area contributed by atoms with E-state index in [1.165, 1.54) is 50.2 Å². The maximum atomic E-state index is 3.62. The molecule has 19 heavy (non-hydrogen) atoms. The van der Waals surface area contributed by atoms with E-state index >= 15 is 0 Å². The van der Waals surface area contributed by atoms with E-state index in [1.54, 1.807) is 0 Å². The van der Waals surface area contributed by atoms with Gasteiger partial charge in [-0.25, -0.2) is 0 Å². The van der Waals surface area contributed by atoms with Gasteiger partial charge in [-0.2, -0.15) is 0 Å². The first-order valence-corrected chi connectivity index (χ1v) is 8.61. The summed E-state index contributed by atoms with van der Waals surface area (Å²) in [7, 11) is 0. The summed E-state index contributed by atoms with van der Waals surface area (Å²) in [4.78, 5) is 4.13. The Morgan fingerprint density at radius 1 is 1.42 bits per heavy atom. The molecule has 108 valence electrons. The molecule has 1 saturated heterocycles. The number of rotatable bonds is 7. The third-order valence-corrected chi connectivity index (χ3v) is 5.17. The summed E-state index contributed by atoms with van der Waals surface area (Å²) in [5, 5.41) is 5.81. The average Bonchev–Trinajstić information content (AvgIpc) is 2.92. The van der Waals surface area contributed by atoms with Crippen molar-refractivity contribution in [3.63, 3.8) is 0 Å². The van der Waals surface area contributed by atoms with Crippen LogP contribution in [0.3, 0.4) is 0 Å². The number of piperidine rings is 1. The molecule has 0 bridgehead atoms. The molecule has 3 heteroatoms. The van der Waals surface area contributed by atoms with Crippen LogP contribution < -0.4 is 5.32 Å². The highest BCUT2D eigenvalue weighted by Gasteiger charge is 2.32. The van der Waals surface area contributed by atoms with Gasteiger partial charge in [-0.05, 0) is 49.2 Å². The molecular formula is C16H28N2S. The van der Waals surface area contributed by atoms with Crippen LogP contribution in [0.4, 0.5) is 0 Å². The maximum absolute atomic E-state index is 3.62. The number of hydrogen-bond donors (Lipinski definition) is 1. The van der Waals surface area contributed by atoms with Gasteiger partial charge in [0.15, 0.2) is 0 Å². The fourth-order valence-electron chi connectivity index (χ4n) is 3.36. The van der Waals surface area contributed by atoms with Gasteiger partial charge in [0.1, 0.15) is 0 Å². The lowest BCUT2D eigenvalue weighted by Gasteiger charge is -2.41. The summed E-state index contributed by atoms with van der Waals surface area (Å²) in [5.74, 6) is 0. The SMILES string of the molecule is CCCC1(CN(CC)Cc2cccs2)CCCNC1. The molecule has 1 aliphatic rings. The van der Waals surface area contributed by atoms with Crippen molar-refractivity contribution < 1.29 is 0 Å². The Morgan fingerprint density at radius 2 is 2.32 bits per heavy atom. The molecule has 0 amide bonds. The zero-order valence-corrected chi connectivity index (χ0v) is 13.3. The molecule has 1 atom stereocenters. The Hall–Kier alpha value is -0.380. The Labute approximate surface area is 122 Å². The first-order valence-electron chi connectivity index (χ1n) is 7.73. The molecule has 1 aliphatic heterocycles. The van der Waals surface area contributed by atoms with E-state index < -0.39 is 0 Å². The van der Waals surface area contributed by atoms with E-state index in [4.69, 9.17) is 0 Å². The van der Waals surface area contributed by atoms with Crippen molar-refractivity contribution in [3.8, 4) is 0 Å². The molecule has 1 aromatic rings. The molecular weight excluding hydrogens is 252 g/mol. The summed E-state index contributed by atoms with van der Waals surface area (Å²) in [6.45, 7) is 10.6. The zero-order valence-electron chi connectivity index (χ0n) is 12.5. The van der Waals surface area contributed by atoms with Crippen molar-refractivity contribution in [2.45, 2.75) is 46.1 Å². The van der Waals surface area contributed by atoms with Crippen molar-refractivity contribution in [3.05, 3.63) is 22.4 Å². The lowest BCUT2D eigenvalue weighted by molar-refractivity contribution is 0.105. The second-order valence-corrected chi connectivity index (χ2v) is 6.95. The minimum Gasteiger partial charge on any atom is -0.316 e. The molecule has 0 spiro atoms. The lowest BCUT2D eigenvalue weighted by Crippen LogP contribution is -2.47. The first kappa shape index (κ1) is 15.0. The Kier molecular flexibility index (Phi) is 5.86. The molecule has 0 aliphatic carbocycles. The molecule has 1 unspecified atom stereocenters. The van der Waals surface area contributed by atoms with Crippen LogP contribution in [0.1, 0.15) is 44.4 Å². The monoisotopic (exact) mass is 280 g/mol. The highest BCUT2D eigenvalue weighted by molar-refractivity contribution is 7.09. The number of nitrogens with zero attached hydrogens (tertiary/aromatic N) is 1. The van der Waals surface area contributed by atoms with Crippen molar-refractivity contribution in [2.24, 2.45) is 5.41 Å². The van der Waals surface area contributed by atoms with Gasteiger partial charge in [-0.15, -0.1) is 11.3 Å². The molecule has 2 heterocycles. The molecule has 2 nitrogen and oxygen atoms in total. The van der Waals surface area contributed by atoms with Gasteiger partial charge in [0.25, 0.3) is 0 Å². The van der Waals surface area contributed by atoms with Gasteiger partial charge in [0.2, 0.25) is 0 Å². The van der Waals surface area contributed by atoms with E-state index in [1.807, 2.05) is 11.3 Å². The van der Waals surface area contributed by atoms with Gasteiger partial charge in [0, 0.05) is 24.5 Å². The van der Waals surface area contributed by atoms with Crippen LogP contribution in [-0.2, 0) is 6.54 Å². The predicted octanol–water partition coefficient (Wildman–Crippen LogP) is 3.74. The Bertz CT molecular complexity index is 336. The highest BCUT2D eigenvalue weighted by atomic mass is 32.1. The van der Waals surface area contributed by atoms with Crippen LogP contribution in [0.5, 0.6) is 0 Å². The smallest absolute Gasteiger partial charge is 0.0328 e. The normalized spacial score (nSPS) is 23.9. The summed E-state index contributed by atoms with van der Waals surface area (Å²) >= 11 is 1.88. The standard InChI is InChI=1S/C16H28N2S/c1-3-8-16(9-6-10-17-13-16)14-18(4-2)12-15-7-5-11-19-15/h5,7,11,17H,3-4,6,8-10,12-14H2,1-2H3. The third kappa shape index (κ3) is 4.30. The molecule has 1 N–H and O–H groups in total. The van der Waals surface area contributed by atoms with E-state index in [2.05, 4.69) is 41.6 Å². The summed E-state index contributed by atoms with van der Waals surface area (Å²) in [6, 6.07) is 4.43. The van der Waals surface area contributed by atoms with Gasteiger partial charge in [-0.1, -0.05) is 26.3 Å². The fourth-order valence-corrected chi connectivity index (χ4v) is 4.11. The maximum Gasteiger partial charge on any atom is 0.0328 e. The number of nitrogens with one attached hydrogen (secondary N) is 1. The van der Waals surface area contributed by atoms with Crippen molar-refractivity contribution in [1.82, 2.24) is 10.2 Å². The molecule has 2 rings (SSSR count). The topological polar surface area (TPSA) is 15.3 Å². The number of hydrogen-bond acceptors (Lipinski definition) is 3. The quantitative estimate of drug-likeness (QED) is 0.818. The van der Waals surface area contributed by atoms with Crippen LogP contribution in [0.25, 0.3) is 0 Å². The number of thiophene rings is 1. The van der Waals surface area contributed by atoms with E-state index in [9.17, 15) is 0 Å². The fraction of sp³-hybridized carbons (Fsp3) is 0.750. The molecule has 1 aromatic heterocycles. The summed E-state index contributed by atoms with van der Waals surface area (Å²) in [6.07, 6.45) is 5.41. The highest BCUT2D eigenvalue weighted by Crippen LogP contribution is 2.33. The lowest BCUT2D eigenvalue weighted by atomic mass is 9.76. The van der Waals surface area contributed by atoms with Gasteiger partial charge < -0.3 is 5.32 Å². The zero-order chi connectivity index (χ0) is 13.6. The largest absolute Gasteiger partial charge is 0.316 e.